The number of carbonyl (C=O) groups is 1. The van der Waals surface area contributed by atoms with Crippen LogP contribution in [0.15, 0.2) is 23.4 Å². The second-order valence-electron chi connectivity index (χ2n) is 3.71. The van der Waals surface area contributed by atoms with Crippen LogP contribution in [-0.2, 0) is 11.3 Å². The molecule has 0 radical (unpaired) electrons. The Labute approximate surface area is 108 Å². The lowest BCUT2D eigenvalue weighted by Crippen LogP contribution is -2.36. The molecule has 1 rings (SSSR count). The van der Waals surface area contributed by atoms with E-state index in [-0.39, 0.29) is 17.4 Å². The van der Waals surface area contributed by atoms with Gasteiger partial charge in [-0.25, -0.2) is 4.39 Å². The highest BCUT2D eigenvalue weighted by Gasteiger charge is 2.17. The van der Waals surface area contributed by atoms with Crippen LogP contribution in [0.25, 0.3) is 0 Å². The third kappa shape index (κ3) is 3.59. The Hall–Kier alpha value is -1.82. The Kier molecular flexibility index (Phi) is 4.91. The Balaban J connectivity index is 2.60. The molecule has 18 heavy (non-hydrogen) atoms. The lowest BCUT2D eigenvalue weighted by molar-refractivity contribution is -0.122. The summed E-state index contributed by atoms with van der Waals surface area (Å²) in [5.41, 5.74) is 5.95. The van der Waals surface area contributed by atoms with Crippen LogP contribution in [0, 0.1) is 11.7 Å². The number of nitrogens with zero attached hydrogens (tertiary/aromatic N) is 1. The number of nitrogens with two attached hydrogens (primary N) is 1. The molecule has 4 N–H and O–H groups in total. The molecule has 1 unspecified atom stereocenters. The molecule has 0 aromatic heterocycles. The van der Waals surface area contributed by atoms with Crippen LogP contribution in [0.5, 0.6) is 0 Å². The van der Waals surface area contributed by atoms with E-state index in [2.05, 4.69) is 10.5 Å². The third-order valence-electron chi connectivity index (χ3n) is 2.40. The van der Waals surface area contributed by atoms with Gasteiger partial charge in [0.2, 0.25) is 5.91 Å². The van der Waals surface area contributed by atoms with E-state index in [4.69, 9.17) is 22.5 Å². The molecule has 0 saturated heterocycles. The zero-order valence-corrected chi connectivity index (χ0v) is 10.4. The standard InChI is InChI=1S/C11H13ClFN3O2/c1-6(10(14)16-18)11(17)15-5-7-2-3-9(13)8(12)4-7/h2-4,6,18H,5H2,1H3,(H2,14,16)(H,15,17). The first kappa shape index (κ1) is 14.2. The van der Waals surface area contributed by atoms with Crippen LogP contribution in [-0.4, -0.2) is 17.0 Å². The van der Waals surface area contributed by atoms with E-state index in [0.717, 1.165) is 0 Å². The van der Waals surface area contributed by atoms with Gasteiger partial charge < -0.3 is 16.3 Å². The van der Waals surface area contributed by atoms with E-state index in [1.165, 1.54) is 25.1 Å². The van der Waals surface area contributed by atoms with Gasteiger partial charge in [-0.3, -0.25) is 4.79 Å². The van der Waals surface area contributed by atoms with Crippen molar-refractivity contribution < 1.29 is 14.4 Å². The maximum absolute atomic E-state index is 12.9. The van der Waals surface area contributed by atoms with Gasteiger partial charge in [-0.05, 0) is 24.6 Å². The topological polar surface area (TPSA) is 87.7 Å². The first-order valence-electron chi connectivity index (χ1n) is 5.14. The van der Waals surface area contributed by atoms with Gasteiger partial charge in [-0.15, -0.1) is 0 Å². The highest BCUT2D eigenvalue weighted by atomic mass is 35.5. The quantitative estimate of drug-likeness (QED) is 0.336. The average molecular weight is 274 g/mol. The molecule has 1 amide bonds. The van der Waals surface area contributed by atoms with Crippen molar-refractivity contribution in [3.63, 3.8) is 0 Å². The van der Waals surface area contributed by atoms with Crippen molar-refractivity contribution in [2.45, 2.75) is 13.5 Å². The summed E-state index contributed by atoms with van der Waals surface area (Å²) in [5.74, 6) is -1.84. The predicted octanol–water partition coefficient (Wildman–Crippen LogP) is 1.48. The van der Waals surface area contributed by atoms with Crippen molar-refractivity contribution in [1.29, 1.82) is 0 Å². The lowest BCUT2D eigenvalue weighted by Gasteiger charge is -2.10. The Morgan fingerprint density at radius 1 is 1.67 bits per heavy atom. The second kappa shape index (κ2) is 6.20. The van der Waals surface area contributed by atoms with Crippen LogP contribution in [0.2, 0.25) is 5.02 Å². The van der Waals surface area contributed by atoms with Crippen molar-refractivity contribution in [3.05, 3.63) is 34.6 Å². The summed E-state index contributed by atoms with van der Waals surface area (Å²) in [4.78, 5) is 11.6. The minimum atomic E-state index is -0.745. The average Bonchev–Trinajstić information content (AvgIpc) is 2.37. The summed E-state index contributed by atoms with van der Waals surface area (Å²) in [7, 11) is 0. The molecule has 7 heteroatoms. The second-order valence-corrected chi connectivity index (χ2v) is 4.12. The van der Waals surface area contributed by atoms with Gasteiger partial charge in [0.05, 0.1) is 10.9 Å². The van der Waals surface area contributed by atoms with Crippen molar-refractivity contribution >= 4 is 23.3 Å². The normalized spacial score (nSPS) is 13.2. The van der Waals surface area contributed by atoms with Gasteiger partial charge in [-0.2, -0.15) is 0 Å². The number of benzene rings is 1. The van der Waals surface area contributed by atoms with E-state index in [0.29, 0.717) is 5.56 Å². The molecule has 0 heterocycles. The molecule has 0 fully saturated rings. The molecule has 0 bridgehead atoms. The van der Waals surface area contributed by atoms with Crippen molar-refractivity contribution in [1.82, 2.24) is 5.32 Å². The van der Waals surface area contributed by atoms with Crippen molar-refractivity contribution in [2.75, 3.05) is 0 Å². The number of amidine groups is 1. The van der Waals surface area contributed by atoms with Crippen LogP contribution in [0.4, 0.5) is 4.39 Å². The maximum Gasteiger partial charge on any atom is 0.230 e. The molecule has 1 aromatic rings. The largest absolute Gasteiger partial charge is 0.409 e. The van der Waals surface area contributed by atoms with Gasteiger partial charge in [0.1, 0.15) is 5.82 Å². The van der Waals surface area contributed by atoms with Gasteiger partial charge in [0.15, 0.2) is 5.84 Å². The first-order valence-corrected chi connectivity index (χ1v) is 5.52. The molecule has 0 aliphatic heterocycles. The number of nitrogens with one attached hydrogen (secondary N) is 1. The third-order valence-corrected chi connectivity index (χ3v) is 2.69. The van der Waals surface area contributed by atoms with Crippen LogP contribution in [0.1, 0.15) is 12.5 Å². The molecule has 0 spiro atoms. The molecule has 5 nitrogen and oxygen atoms in total. The van der Waals surface area contributed by atoms with Gasteiger partial charge >= 0.3 is 0 Å². The summed E-state index contributed by atoms with van der Waals surface area (Å²) in [6.07, 6.45) is 0. The Morgan fingerprint density at radius 3 is 2.89 bits per heavy atom. The summed E-state index contributed by atoms with van der Waals surface area (Å²) in [6.45, 7) is 1.68. The molecule has 0 aliphatic carbocycles. The SMILES string of the molecule is CC(C(=O)NCc1ccc(F)c(Cl)c1)/C(N)=N/O. The molecule has 1 aromatic carbocycles. The monoisotopic (exact) mass is 273 g/mol. The summed E-state index contributed by atoms with van der Waals surface area (Å²) >= 11 is 5.60. The molecule has 0 saturated carbocycles. The minimum Gasteiger partial charge on any atom is -0.409 e. The molecule has 0 aliphatic rings. The highest BCUT2D eigenvalue weighted by Crippen LogP contribution is 2.15. The highest BCUT2D eigenvalue weighted by molar-refractivity contribution is 6.30. The van der Waals surface area contributed by atoms with Crippen molar-refractivity contribution in [2.24, 2.45) is 16.8 Å². The number of oxime groups is 1. The van der Waals surface area contributed by atoms with Gasteiger partial charge in [0, 0.05) is 6.54 Å². The van der Waals surface area contributed by atoms with E-state index < -0.39 is 17.6 Å². The van der Waals surface area contributed by atoms with Crippen molar-refractivity contribution in [3.8, 4) is 0 Å². The smallest absolute Gasteiger partial charge is 0.230 e. The Bertz CT molecular complexity index is 479. The molecular weight excluding hydrogens is 261 g/mol. The Morgan fingerprint density at radius 2 is 2.33 bits per heavy atom. The number of halogens is 2. The number of amides is 1. The summed E-state index contributed by atoms with van der Waals surface area (Å²) in [6, 6.07) is 4.15. The summed E-state index contributed by atoms with van der Waals surface area (Å²) < 4.78 is 12.9. The fourth-order valence-electron chi connectivity index (χ4n) is 1.21. The molecule has 1 atom stereocenters. The van der Waals surface area contributed by atoms with E-state index in [9.17, 15) is 9.18 Å². The zero-order chi connectivity index (χ0) is 13.7. The van der Waals surface area contributed by atoms with E-state index in [1.54, 1.807) is 0 Å². The number of rotatable bonds is 4. The number of hydrogen-bond acceptors (Lipinski definition) is 3. The zero-order valence-electron chi connectivity index (χ0n) is 9.65. The fourth-order valence-corrected chi connectivity index (χ4v) is 1.42. The predicted molar refractivity (Wildman–Crippen MR) is 65.8 cm³/mol. The van der Waals surface area contributed by atoms with Gasteiger partial charge in [-0.1, -0.05) is 22.8 Å². The van der Waals surface area contributed by atoms with Gasteiger partial charge in [0.25, 0.3) is 0 Å². The van der Waals surface area contributed by atoms with Crippen LogP contribution >= 0.6 is 11.6 Å². The van der Waals surface area contributed by atoms with E-state index >= 15 is 0 Å². The van der Waals surface area contributed by atoms with Crippen LogP contribution in [0.3, 0.4) is 0 Å². The minimum absolute atomic E-state index is 0.00812. The molecular formula is C11H13ClFN3O2. The molecule has 98 valence electrons. The van der Waals surface area contributed by atoms with E-state index in [1.807, 2.05) is 0 Å². The van der Waals surface area contributed by atoms with Crippen LogP contribution < -0.4 is 11.1 Å². The summed E-state index contributed by atoms with van der Waals surface area (Å²) in [5, 5.41) is 13.7. The fraction of sp³-hybridized carbons (Fsp3) is 0.273. The number of hydrogen-bond donors (Lipinski definition) is 3. The maximum atomic E-state index is 12.9. The first-order chi connectivity index (χ1) is 8.45. The lowest BCUT2D eigenvalue weighted by atomic mass is 10.1. The number of carbonyl (C=O) groups excluding carboxylic acids is 1.